The summed E-state index contributed by atoms with van der Waals surface area (Å²) in [4.78, 5) is 56.5. The molecule has 0 saturated carbocycles. The highest BCUT2D eigenvalue weighted by Crippen LogP contribution is 2.21. The van der Waals surface area contributed by atoms with E-state index in [1.54, 1.807) is 7.05 Å². The molecule has 3 atom stereocenters. The van der Waals surface area contributed by atoms with Gasteiger partial charge in [0, 0.05) is 32.2 Å². The maximum Gasteiger partial charge on any atom is 0.245 e. The summed E-state index contributed by atoms with van der Waals surface area (Å²) >= 11 is 0. The second kappa shape index (κ2) is 16.4. The van der Waals surface area contributed by atoms with Gasteiger partial charge < -0.3 is 26.6 Å². The molecule has 262 valence electrons. The molecule has 51 heavy (non-hydrogen) atoms. The Hall–Kier alpha value is -5.54. The smallest absolute Gasteiger partial charge is 0.245 e. The SMILES string of the molecule is CN(C(=O)C(Cc1ccc2ccccc2c1)NC(=O)C1CCNCC1)C(Cc1ccc2ccccc2c1)C(=O)NC(Cc1ccccc1)C(N)=O. The van der Waals surface area contributed by atoms with Crippen LogP contribution in [0.5, 0.6) is 0 Å². The number of fused-ring (bicyclic) bond motifs is 2. The Morgan fingerprint density at radius 1 is 0.667 bits per heavy atom. The fourth-order valence-electron chi connectivity index (χ4n) is 6.91. The van der Waals surface area contributed by atoms with Gasteiger partial charge in [0.05, 0.1) is 0 Å². The first-order chi connectivity index (χ1) is 24.7. The minimum atomic E-state index is -1.01. The lowest BCUT2D eigenvalue weighted by molar-refractivity contribution is -0.143. The first-order valence-electron chi connectivity index (χ1n) is 17.6. The molecule has 3 unspecified atom stereocenters. The molecule has 1 aliphatic heterocycles. The van der Waals surface area contributed by atoms with Gasteiger partial charge in [-0.3, -0.25) is 19.2 Å². The maximum absolute atomic E-state index is 14.6. The Morgan fingerprint density at radius 3 is 1.78 bits per heavy atom. The molecule has 5 aromatic carbocycles. The molecule has 9 nitrogen and oxygen atoms in total. The molecule has 0 aliphatic carbocycles. The van der Waals surface area contributed by atoms with Crippen LogP contribution in [0.4, 0.5) is 0 Å². The molecule has 0 radical (unpaired) electrons. The standard InChI is InChI=1S/C42H45N5O4/c1-47(42(51)37(46-40(49)33-19-21-44-22-20-33)26-29-15-17-31-11-5-7-13-34(31)23-29)38(27-30-16-18-32-12-6-8-14-35(32)24-30)41(50)45-36(39(43)48)25-28-9-3-2-4-10-28/h2-18,23-24,33,36-38,44H,19-22,25-27H2,1H3,(H2,43,48)(H,45,50)(H,46,49). The average molecular weight is 684 g/mol. The lowest BCUT2D eigenvalue weighted by Crippen LogP contribution is -2.58. The minimum Gasteiger partial charge on any atom is -0.368 e. The third-order valence-corrected chi connectivity index (χ3v) is 9.88. The Bertz CT molecular complexity index is 2010. The highest BCUT2D eigenvalue weighted by atomic mass is 16.2. The summed E-state index contributed by atoms with van der Waals surface area (Å²) in [6, 6.07) is 34.3. The van der Waals surface area contributed by atoms with Crippen LogP contribution in [0.25, 0.3) is 21.5 Å². The number of rotatable bonds is 13. The molecule has 1 aliphatic rings. The molecule has 5 N–H and O–H groups in total. The Morgan fingerprint density at radius 2 is 1.20 bits per heavy atom. The van der Waals surface area contributed by atoms with Crippen molar-refractivity contribution in [2.24, 2.45) is 11.7 Å². The van der Waals surface area contributed by atoms with Crippen molar-refractivity contribution in [3.05, 3.63) is 132 Å². The second-order valence-corrected chi connectivity index (χ2v) is 13.5. The average Bonchev–Trinajstić information content (AvgIpc) is 3.16. The number of nitrogens with zero attached hydrogens (tertiary/aromatic N) is 1. The molecular weight excluding hydrogens is 638 g/mol. The summed E-state index contributed by atoms with van der Waals surface area (Å²) in [6.07, 6.45) is 2.00. The van der Waals surface area contributed by atoms with E-state index in [-0.39, 0.29) is 31.1 Å². The van der Waals surface area contributed by atoms with Gasteiger partial charge in [-0.05, 0) is 64.2 Å². The van der Waals surface area contributed by atoms with Gasteiger partial charge in [0.25, 0.3) is 0 Å². The minimum absolute atomic E-state index is 0.170. The van der Waals surface area contributed by atoms with Gasteiger partial charge in [0.2, 0.25) is 23.6 Å². The molecule has 0 aromatic heterocycles. The van der Waals surface area contributed by atoms with Gasteiger partial charge in [-0.1, -0.05) is 115 Å². The number of carbonyl (C=O) groups is 4. The largest absolute Gasteiger partial charge is 0.368 e. The van der Waals surface area contributed by atoms with E-state index in [4.69, 9.17) is 5.73 Å². The maximum atomic E-state index is 14.6. The number of nitrogens with one attached hydrogen (secondary N) is 3. The van der Waals surface area contributed by atoms with Crippen molar-refractivity contribution in [2.45, 2.75) is 50.2 Å². The van der Waals surface area contributed by atoms with Gasteiger partial charge in [-0.25, -0.2) is 0 Å². The summed E-state index contributed by atoms with van der Waals surface area (Å²) in [5.41, 5.74) is 8.37. The van der Waals surface area contributed by atoms with Crippen molar-refractivity contribution in [1.82, 2.24) is 20.9 Å². The number of likely N-dealkylation sites (N-methyl/N-ethyl adjacent to an activating group) is 1. The highest BCUT2D eigenvalue weighted by Gasteiger charge is 2.35. The molecule has 0 spiro atoms. The third-order valence-electron chi connectivity index (χ3n) is 9.88. The zero-order chi connectivity index (χ0) is 35.7. The van der Waals surface area contributed by atoms with E-state index in [1.165, 1.54) is 4.90 Å². The molecule has 9 heteroatoms. The van der Waals surface area contributed by atoms with Gasteiger partial charge in [-0.15, -0.1) is 0 Å². The molecule has 1 fully saturated rings. The normalized spacial score (nSPS) is 15.1. The third kappa shape index (κ3) is 8.98. The zero-order valence-corrected chi connectivity index (χ0v) is 28.9. The van der Waals surface area contributed by atoms with E-state index in [1.807, 2.05) is 115 Å². The van der Waals surface area contributed by atoms with Crippen LogP contribution in [0.1, 0.15) is 29.5 Å². The van der Waals surface area contributed by atoms with E-state index in [0.717, 1.165) is 51.3 Å². The van der Waals surface area contributed by atoms with Crippen LogP contribution in [0.2, 0.25) is 0 Å². The van der Waals surface area contributed by atoms with Crippen LogP contribution in [0.3, 0.4) is 0 Å². The summed E-state index contributed by atoms with van der Waals surface area (Å²) < 4.78 is 0. The number of piperidine rings is 1. The van der Waals surface area contributed by atoms with Crippen molar-refractivity contribution in [3.8, 4) is 0 Å². The van der Waals surface area contributed by atoms with E-state index in [0.29, 0.717) is 12.8 Å². The van der Waals surface area contributed by atoms with Crippen molar-refractivity contribution < 1.29 is 19.2 Å². The first-order valence-corrected chi connectivity index (χ1v) is 17.6. The summed E-state index contributed by atoms with van der Waals surface area (Å²) in [5, 5.41) is 13.4. The number of benzene rings is 5. The second-order valence-electron chi connectivity index (χ2n) is 13.5. The number of hydrogen-bond acceptors (Lipinski definition) is 5. The van der Waals surface area contributed by atoms with E-state index in [9.17, 15) is 19.2 Å². The van der Waals surface area contributed by atoms with Crippen molar-refractivity contribution in [3.63, 3.8) is 0 Å². The van der Waals surface area contributed by atoms with E-state index in [2.05, 4.69) is 16.0 Å². The Kier molecular flexibility index (Phi) is 11.4. The molecule has 0 bridgehead atoms. The van der Waals surface area contributed by atoms with Crippen molar-refractivity contribution in [2.75, 3.05) is 20.1 Å². The van der Waals surface area contributed by atoms with Crippen LogP contribution >= 0.6 is 0 Å². The molecule has 5 aromatic rings. The van der Waals surface area contributed by atoms with E-state index < -0.39 is 35.8 Å². The monoisotopic (exact) mass is 683 g/mol. The Labute approximate surface area is 298 Å². The topological polar surface area (TPSA) is 134 Å². The lowest BCUT2D eigenvalue weighted by atomic mass is 9.95. The summed E-state index contributed by atoms with van der Waals surface area (Å²) in [7, 11) is 1.59. The highest BCUT2D eigenvalue weighted by molar-refractivity contribution is 5.95. The predicted octanol–water partition coefficient (Wildman–Crippen LogP) is 4.30. The molecular formula is C42H45N5O4. The first kappa shape index (κ1) is 35.3. The predicted molar refractivity (Wildman–Crippen MR) is 201 cm³/mol. The molecule has 6 rings (SSSR count). The lowest BCUT2D eigenvalue weighted by Gasteiger charge is -2.33. The Balaban J connectivity index is 1.31. The number of amides is 4. The number of primary amides is 1. The van der Waals surface area contributed by atoms with Crippen LogP contribution in [0, 0.1) is 5.92 Å². The van der Waals surface area contributed by atoms with E-state index >= 15 is 0 Å². The molecule has 1 saturated heterocycles. The fraction of sp³-hybridized carbons (Fsp3) is 0.286. The number of hydrogen-bond donors (Lipinski definition) is 4. The van der Waals surface area contributed by atoms with Gasteiger partial charge in [-0.2, -0.15) is 0 Å². The van der Waals surface area contributed by atoms with Crippen LogP contribution in [0.15, 0.2) is 115 Å². The van der Waals surface area contributed by atoms with Gasteiger partial charge in [0.1, 0.15) is 18.1 Å². The van der Waals surface area contributed by atoms with Gasteiger partial charge >= 0.3 is 0 Å². The van der Waals surface area contributed by atoms with Crippen LogP contribution < -0.4 is 21.7 Å². The molecule has 1 heterocycles. The zero-order valence-electron chi connectivity index (χ0n) is 28.9. The quantitative estimate of drug-likeness (QED) is 0.147. The molecule has 4 amide bonds. The van der Waals surface area contributed by atoms with Crippen molar-refractivity contribution >= 4 is 45.2 Å². The number of carbonyl (C=O) groups excluding carboxylic acids is 4. The fourth-order valence-corrected chi connectivity index (χ4v) is 6.91. The summed E-state index contributed by atoms with van der Waals surface area (Å²) in [5.74, 6) is -1.96. The van der Waals surface area contributed by atoms with Gasteiger partial charge in [0.15, 0.2) is 0 Å². The summed E-state index contributed by atoms with van der Waals surface area (Å²) in [6.45, 7) is 1.47. The van der Waals surface area contributed by atoms with Crippen molar-refractivity contribution in [1.29, 1.82) is 0 Å². The van der Waals surface area contributed by atoms with Crippen LogP contribution in [-0.4, -0.2) is 66.8 Å². The van der Waals surface area contributed by atoms with Crippen LogP contribution in [-0.2, 0) is 38.4 Å². The number of nitrogens with two attached hydrogens (primary N) is 1.